The molecule has 1 aliphatic heterocycles. The molecule has 0 bridgehead atoms. The van der Waals surface area contributed by atoms with Crippen LogP contribution in [0.3, 0.4) is 0 Å². The molecule has 20 heavy (non-hydrogen) atoms. The fourth-order valence-corrected chi connectivity index (χ4v) is 3.74. The number of aromatic amines is 1. The van der Waals surface area contributed by atoms with Crippen molar-refractivity contribution in [2.75, 3.05) is 18.0 Å². The van der Waals surface area contributed by atoms with E-state index in [9.17, 15) is 4.79 Å². The van der Waals surface area contributed by atoms with Crippen molar-refractivity contribution >= 4 is 34.3 Å². The number of hydrogen-bond donors (Lipinski definition) is 2. The number of H-pyrrole nitrogens is 1. The van der Waals surface area contributed by atoms with Gasteiger partial charge in [0.05, 0.1) is 0 Å². The fourth-order valence-electron chi connectivity index (χ4n) is 2.64. The summed E-state index contributed by atoms with van der Waals surface area (Å²) in [4.78, 5) is 17.8. The van der Waals surface area contributed by atoms with Crippen LogP contribution in [0.1, 0.15) is 24.3 Å². The first kappa shape index (κ1) is 13.4. The average molecular weight is 289 g/mol. The predicted molar refractivity (Wildman–Crippen MR) is 85.1 cm³/mol. The van der Waals surface area contributed by atoms with Crippen molar-refractivity contribution in [3.05, 3.63) is 30.0 Å². The van der Waals surface area contributed by atoms with E-state index < -0.39 is 0 Å². The molecule has 1 amide bonds. The molecular formula is C15H19N3OS. The first-order valence-electron chi connectivity index (χ1n) is 6.87. The molecule has 106 valence electrons. The fraction of sp³-hybridized carbons (Fsp3) is 0.400. The Hall–Kier alpha value is -1.62. The summed E-state index contributed by atoms with van der Waals surface area (Å²) in [6.45, 7) is 5.11. The number of nitrogens with two attached hydrogens (primary N) is 1. The summed E-state index contributed by atoms with van der Waals surface area (Å²) in [6.07, 6.45) is 0. The number of nitrogens with zero attached hydrogens (tertiary/aromatic N) is 1. The normalized spacial score (nSPS) is 23.2. The monoisotopic (exact) mass is 289 g/mol. The molecule has 0 saturated carbocycles. The lowest BCUT2D eigenvalue weighted by Gasteiger charge is -2.37. The number of anilines is 1. The van der Waals surface area contributed by atoms with Crippen LogP contribution in [0.4, 0.5) is 5.69 Å². The van der Waals surface area contributed by atoms with Crippen LogP contribution in [0.15, 0.2) is 24.3 Å². The number of aromatic nitrogens is 1. The molecule has 1 saturated heterocycles. The lowest BCUT2D eigenvalue weighted by molar-refractivity contribution is 0.0693. The minimum atomic E-state index is 0.0828. The highest BCUT2D eigenvalue weighted by molar-refractivity contribution is 8.00. The molecule has 2 heterocycles. The molecule has 4 nitrogen and oxygen atoms in total. The van der Waals surface area contributed by atoms with Crippen LogP contribution in [-0.2, 0) is 0 Å². The Kier molecular flexibility index (Phi) is 3.38. The molecule has 2 unspecified atom stereocenters. The van der Waals surface area contributed by atoms with Gasteiger partial charge >= 0.3 is 0 Å². The molecule has 1 fully saturated rings. The third-order valence-corrected chi connectivity index (χ3v) is 5.36. The summed E-state index contributed by atoms with van der Waals surface area (Å²) in [5, 5.41) is 1.47. The molecule has 2 atom stereocenters. The van der Waals surface area contributed by atoms with E-state index in [2.05, 4.69) is 18.8 Å². The van der Waals surface area contributed by atoms with Crippen molar-refractivity contribution < 1.29 is 4.79 Å². The van der Waals surface area contributed by atoms with E-state index in [4.69, 9.17) is 5.73 Å². The molecule has 0 spiro atoms. The van der Waals surface area contributed by atoms with Gasteiger partial charge in [-0.05, 0) is 31.2 Å². The number of nitrogen functional groups attached to an aromatic ring is 1. The van der Waals surface area contributed by atoms with Crippen LogP contribution in [0.2, 0.25) is 0 Å². The standard InChI is InChI=1S/C15H19N3OS/c1-9-10(2)20-6-5-18(9)15(19)14-8-11-7-12(16)3-4-13(11)17-14/h3-4,7-10,17H,5-6,16H2,1-2H3. The molecule has 0 aliphatic carbocycles. The molecular weight excluding hydrogens is 270 g/mol. The zero-order valence-corrected chi connectivity index (χ0v) is 12.5. The van der Waals surface area contributed by atoms with Gasteiger partial charge in [0.2, 0.25) is 0 Å². The Balaban J connectivity index is 1.92. The number of thioether (sulfide) groups is 1. The van der Waals surface area contributed by atoms with E-state index in [1.807, 2.05) is 40.9 Å². The van der Waals surface area contributed by atoms with E-state index in [0.717, 1.165) is 23.2 Å². The lowest BCUT2D eigenvalue weighted by Crippen LogP contribution is -2.48. The van der Waals surface area contributed by atoms with Gasteiger partial charge in [-0.1, -0.05) is 6.92 Å². The number of benzene rings is 1. The highest BCUT2D eigenvalue weighted by Crippen LogP contribution is 2.26. The number of carbonyl (C=O) groups is 1. The third-order valence-electron chi connectivity index (χ3n) is 4.02. The number of nitrogens with one attached hydrogen (secondary N) is 1. The van der Waals surface area contributed by atoms with Crippen molar-refractivity contribution in [2.24, 2.45) is 0 Å². The van der Waals surface area contributed by atoms with Crippen LogP contribution in [0, 0.1) is 0 Å². The largest absolute Gasteiger partial charge is 0.399 e. The van der Waals surface area contributed by atoms with Gasteiger partial charge in [-0.2, -0.15) is 11.8 Å². The molecule has 2 aromatic rings. The summed E-state index contributed by atoms with van der Waals surface area (Å²) in [5.74, 6) is 1.09. The number of hydrogen-bond acceptors (Lipinski definition) is 3. The number of amides is 1. The van der Waals surface area contributed by atoms with Crippen LogP contribution in [0.25, 0.3) is 10.9 Å². The maximum Gasteiger partial charge on any atom is 0.270 e. The van der Waals surface area contributed by atoms with Crippen molar-refractivity contribution in [1.82, 2.24) is 9.88 Å². The topological polar surface area (TPSA) is 62.1 Å². The number of fused-ring (bicyclic) bond motifs is 1. The van der Waals surface area contributed by atoms with Crippen molar-refractivity contribution in [1.29, 1.82) is 0 Å². The SMILES string of the molecule is CC1SCCN(C(=O)c2cc3cc(N)ccc3[nH]2)C1C. The zero-order chi connectivity index (χ0) is 14.3. The van der Waals surface area contributed by atoms with Crippen LogP contribution < -0.4 is 5.73 Å². The summed E-state index contributed by atoms with van der Waals surface area (Å²) in [6, 6.07) is 7.81. The first-order chi connectivity index (χ1) is 9.56. The van der Waals surface area contributed by atoms with Gasteiger partial charge in [0, 0.05) is 40.2 Å². The lowest BCUT2D eigenvalue weighted by atomic mass is 10.2. The van der Waals surface area contributed by atoms with Gasteiger partial charge in [-0.3, -0.25) is 4.79 Å². The maximum absolute atomic E-state index is 12.7. The van der Waals surface area contributed by atoms with E-state index in [1.54, 1.807) is 0 Å². The highest BCUT2D eigenvalue weighted by Gasteiger charge is 2.30. The smallest absolute Gasteiger partial charge is 0.270 e. The van der Waals surface area contributed by atoms with Gasteiger partial charge in [0.1, 0.15) is 5.69 Å². The molecule has 1 aromatic heterocycles. The molecule has 5 heteroatoms. The molecule has 3 rings (SSSR count). The first-order valence-corrected chi connectivity index (χ1v) is 7.92. The summed E-state index contributed by atoms with van der Waals surface area (Å²) < 4.78 is 0. The predicted octanol–water partition coefficient (Wildman–Crippen LogP) is 2.72. The van der Waals surface area contributed by atoms with E-state index in [1.165, 1.54) is 0 Å². The molecule has 1 aromatic carbocycles. The second-order valence-electron chi connectivity index (χ2n) is 5.34. The van der Waals surface area contributed by atoms with Crippen molar-refractivity contribution in [3.8, 4) is 0 Å². The zero-order valence-electron chi connectivity index (χ0n) is 11.7. The van der Waals surface area contributed by atoms with Gasteiger partial charge in [0.15, 0.2) is 0 Å². The van der Waals surface area contributed by atoms with Crippen LogP contribution >= 0.6 is 11.8 Å². The van der Waals surface area contributed by atoms with Crippen molar-refractivity contribution in [2.45, 2.75) is 25.1 Å². The Morgan fingerprint density at radius 3 is 3.00 bits per heavy atom. The van der Waals surface area contributed by atoms with Crippen LogP contribution in [-0.4, -0.2) is 39.4 Å². The second kappa shape index (κ2) is 5.05. The minimum Gasteiger partial charge on any atom is -0.399 e. The van der Waals surface area contributed by atoms with Gasteiger partial charge in [0.25, 0.3) is 5.91 Å². The Bertz CT molecular complexity index is 652. The van der Waals surface area contributed by atoms with E-state index in [-0.39, 0.29) is 11.9 Å². The average Bonchev–Trinajstić information content (AvgIpc) is 2.84. The quantitative estimate of drug-likeness (QED) is 0.793. The van der Waals surface area contributed by atoms with Gasteiger partial charge < -0.3 is 15.6 Å². The summed E-state index contributed by atoms with van der Waals surface area (Å²) in [7, 11) is 0. The third kappa shape index (κ3) is 2.26. The van der Waals surface area contributed by atoms with Gasteiger partial charge in [-0.25, -0.2) is 0 Å². The number of carbonyl (C=O) groups excluding carboxylic acids is 1. The van der Waals surface area contributed by atoms with Crippen molar-refractivity contribution in [3.63, 3.8) is 0 Å². The Morgan fingerprint density at radius 1 is 1.40 bits per heavy atom. The number of rotatable bonds is 1. The van der Waals surface area contributed by atoms with Gasteiger partial charge in [-0.15, -0.1) is 0 Å². The molecule has 1 aliphatic rings. The second-order valence-corrected chi connectivity index (χ2v) is 6.83. The van der Waals surface area contributed by atoms with E-state index in [0.29, 0.717) is 16.6 Å². The Labute approximate surface area is 122 Å². The van der Waals surface area contributed by atoms with Crippen LogP contribution in [0.5, 0.6) is 0 Å². The summed E-state index contributed by atoms with van der Waals surface area (Å²) in [5.41, 5.74) is 8.10. The maximum atomic E-state index is 12.7. The van der Waals surface area contributed by atoms with E-state index >= 15 is 0 Å². The Morgan fingerprint density at radius 2 is 2.20 bits per heavy atom. The molecule has 0 radical (unpaired) electrons. The highest BCUT2D eigenvalue weighted by atomic mass is 32.2. The minimum absolute atomic E-state index is 0.0828. The molecule has 3 N–H and O–H groups in total. The summed E-state index contributed by atoms with van der Waals surface area (Å²) >= 11 is 1.93.